The van der Waals surface area contributed by atoms with Gasteiger partial charge in [0.25, 0.3) is 5.91 Å². The summed E-state index contributed by atoms with van der Waals surface area (Å²) in [5, 5.41) is 0. The molecule has 0 aliphatic carbocycles. The zero-order valence-electron chi connectivity index (χ0n) is 8.69. The van der Waals surface area contributed by atoms with E-state index in [1.54, 1.807) is 17.0 Å². The Morgan fingerprint density at radius 1 is 1.56 bits per heavy atom. The molecule has 0 spiro atoms. The summed E-state index contributed by atoms with van der Waals surface area (Å²) in [5.74, 6) is 0.298. The fourth-order valence-corrected chi connectivity index (χ4v) is 2.09. The molecule has 2 rings (SSSR count). The van der Waals surface area contributed by atoms with Crippen molar-refractivity contribution in [3.05, 3.63) is 22.6 Å². The summed E-state index contributed by atoms with van der Waals surface area (Å²) in [6.07, 6.45) is 1.96. The number of hydrogen-bond donors (Lipinski definition) is 1. The molecule has 1 fully saturated rings. The highest BCUT2D eigenvalue weighted by atomic mass is 79.9. The smallest absolute Gasteiger partial charge is 0.289 e. The maximum Gasteiger partial charge on any atom is 0.289 e. The molecule has 1 aromatic heterocycles. The summed E-state index contributed by atoms with van der Waals surface area (Å²) < 4.78 is 5.79. The molecule has 6 heteroatoms. The maximum absolute atomic E-state index is 11.9. The third kappa shape index (κ3) is 2.99. The zero-order valence-corrected chi connectivity index (χ0v) is 11.1. The van der Waals surface area contributed by atoms with Crippen molar-refractivity contribution < 1.29 is 9.21 Å². The fraction of sp³-hybridized carbons (Fsp3) is 0.500. The number of carbonyl (C=O) groups excluding carboxylic acids is 1. The van der Waals surface area contributed by atoms with Crippen LogP contribution in [0.4, 0.5) is 0 Å². The van der Waals surface area contributed by atoms with Crippen LogP contribution in [0.15, 0.2) is 21.2 Å². The quantitative estimate of drug-likeness (QED) is 0.863. The Morgan fingerprint density at radius 3 is 2.88 bits per heavy atom. The van der Waals surface area contributed by atoms with Crippen LogP contribution < -0.4 is 5.73 Å². The highest BCUT2D eigenvalue weighted by molar-refractivity contribution is 9.10. The van der Waals surface area contributed by atoms with Gasteiger partial charge in [-0.1, -0.05) is 0 Å². The summed E-state index contributed by atoms with van der Waals surface area (Å²) in [6, 6.07) is 3.49. The van der Waals surface area contributed by atoms with Gasteiger partial charge in [0, 0.05) is 19.1 Å². The van der Waals surface area contributed by atoms with Crippen LogP contribution in [-0.4, -0.2) is 29.9 Å². The molecule has 4 nitrogen and oxygen atoms in total. The first kappa shape index (κ1) is 13.5. The minimum Gasteiger partial charge on any atom is -0.444 e. The Morgan fingerprint density at radius 2 is 2.31 bits per heavy atom. The minimum absolute atomic E-state index is 0. The molecule has 0 bridgehead atoms. The topological polar surface area (TPSA) is 59.5 Å². The fourth-order valence-electron chi connectivity index (χ4n) is 1.78. The number of carbonyl (C=O) groups is 1. The van der Waals surface area contributed by atoms with Gasteiger partial charge >= 0.3 is 0 Å². The van der Waals surface area contributed by atoms with Crippen LogP contribution in [-0.2, 0) is 0 Å². The Kier molecular flexibility index (Phi) is 4.83. The van der Waals surface area contributed by atoms with Gasteiger partial charge in [-0.25, -0.2) is 0 Å². The van der Waals surface area contributed by atoms with Gasteiger partial charge in [-0.05, 0) is 40.9 Å². The van der Waals surface area contributed by atoms with Crippen LogP contribution >= 0.6 is 28.3 Å². The molecule has 1 aliphatic heterocycles. The molecule has 16 heavy (non-hydrogen) atoms. The third-order valence-corrected chi connectivity index (χ3v) is 2.96. The zero-order chi connectivity index (χ0) is 10.8. The lowest BCUT2D eigenvalue weighted by Crippen LogP contribution is -2.45. The average molecular weight is 310 g/mol. The van der Waals surface area contributed by atoms with Crippen molar-refractivity contribution in [2.45, 2.75) is 18.9 Å². The Hall–Kier alpha value is -0.520. The molecule has 1 saturated heterocycles. The molecule has 1 atom stereocenters. The molecule has 0 radical (unpaired) electrons. The lowest BCUT2D eigenvalue weighted by atomic mass is 10.1. The van der Waals surface area contributed by atoms with Crippen LogP contribution in [0.1, 0.15) is 23.4 Å². The second kappa shape index (κ2) is 5.70. The molecule has 1 aliphatic rings. The summed E-state index contributed by atoms with van der Waals surface area (Å²) in [7, 11) is 0. The van der Waals surface area contributed by atoms with Gasteiger partial charge in [0.1, 0.15) is 0 Å². The molecule has 2 N–H and O–H groups in total. The number of amides is 1. The van der Waals surface area contributed by atoms with Crippen molar-refractivity contribution in [1.29, 1.82) is 0 Å². The first-order valence-electron chi connectivity index (χ1n) is 4.97. The standard InChI is InChI=1S/C10H13BrN2O2.ClH/c11-9-4-3-8(15-9)10(14)13-5-1-2-7(12)6-13;/h3-4,7H,1-2,5-6,12H2;1H/t7-;/m1./s1. The van der Waals surface area contributed by atoms with Crippen LogP contribution in [0.3, 0.4) is 0 Å². The predicted molar refractivity (Wildman–Crippen MR) is 66.8 cm³/mol. The van der Waals surface area contributed by atoms with E-state index < -0.39 is 0 Å². The number of rotatable bonds is 1. The van der Waals surface area contributed by atoms with Crippen molar-refractivity contribution in [1.82, 2.24) is 4.90 Å². The number of furan rings is 1. The monoisotopic (exact) mass is 308 g/mol. The molecule has 0 saturated carbocycles. The van der Waals surface area contributed by atoms with E-state index in [4.69, 9.17) is 10.2 Å². The summed E-state index contributed by atoms with van der Waals surface area (Å²) in [6.45, 7) is 1.39. The molecule has 2 heterocycles. The van der Waals surface area contributed by atoms with Crippen LogP contribution in [0.5, 0.6) is 0 Å². The molecule has 0 aromatic carbocycles. The first-order valence-corrected chi connectivity index (χ1v) is 5.76. The molecular formula is C10H14BrClN2O2. The van der Waals surface area contributed by atoms with E-state index >= 15 is 0 Å². The predicted octanol–water partition coefficient (Wildman–Crippen LogP) is 2.03. The van der Waals surface area contributed by atoms with Gasteiger partial charge in [0.15, 0.2) is 10.4 Å². The molecule has 1 aromatic rings. The first-order chi connectivity index (χ1) is 7.16. The summed E-state index contributed by atoms with van der Waals surface area (Å²) in [4.78, 5) is 13.7. The normalized spacial score (nSPS) is 20.4. The van der Waals surface area contributed by atoms with Crippen molar-refractivity contribution in [2.75, 3.05) is 13.1 Å². The number of nitrogens with zero attached hydrogens (tertiary/aromatic N) is 1. The number of likely N-dealkylation sites (tertiary alicyclic amines) is 1. The van der Waals surface area contributed by atoms with E-state index in [-0.39, 0.29) is 24.4 Å². The summed E-state index contributed by atoms with van der Waals surface area (Å²) in [5.41, 5.74) is 5.81. The van der Waals surface area contributed by atoms with Crippen molar-refractivity contribution in [3.8, 4) is 0 Å². The second-order valence-corrected chi connectivity index (χ2v) is 4.54. The second-order valence-electron chi connectivity index (χ2n) is 3.76. The number of piperidine rings is 1. The van der Waals surface area contributed by atoms with Crippen molar-refractivity contribution >= 4 is 34.2 Å². The van der Waals surface area contributed by atoms with Gasteiger partial charge in [-0.3, -0.25) is 4.79 Å². The Labute approximate surface area is 109 Å². The van der Waals surface area contributed by atoms with Crippen molar-refractivity contribution in [3.63, 3.8) is 0 Å². The van der Waals surface area contributed by atoms with E-state index in [2.05, 4.69) is 15.9 Å². The highest BCUT2D eigenvalue weighted by Crippen LogP contribution is 2.17. The van der Waals surface area contributed by atoms with E-state index in [1.165, 1.54) is 0 Å². The van der Waals surface area contributed by atoms with E-state index in [0.29, 0.717) is 17.0 Å². The Balaban J connectivity index is 0.00000128. The lowest BCUT2D eigenvalue weighted by Gasteiger charge is -2.29. The maximum atomic E-state index is 11.9. The SMILES string of the molecule is Cl.N[C@@H]1CCCN(C(=O)c2ccc(Br)o2)C1. The number of hydrogen-bond acceptors (Lipinski definition) is 3. The lowest BCUT2D eigenvalue weighted by molar-refractivity contribution is 0.0675. The number of nitrogens with two attached hydrogens (primary N) is 1. The van der Waals surface area contributed by atoms with Gasteiger partial charge < -0.3 is 15.1 Å². The van der Waals surface area contributed by atoms with Gasteiger partial charge in [0.05, 0.1) is 0 Å². The Bertz CT molecular complexity index is 369. The van der Waals surface area contributed by atoms with Gasteiger partial charge in [-0.2, -0.15) is 0 Å². The minimum atomic E-state index is -0.0733. The molecule has 90 valence electrons. The van der Waals surface area contributed by atoms with Crippen LogP contribution in [0.25, 0.3) is 0 Å². The molecular weight excluding hydrogens is 295 g/mol. The molecule has 1 amide bonds. The number of halogens is 2. The van der Waals surface area contributed by atoms with Crippen LogP contribution in [0, 0.1) is 0 Å². The largest absolute Gasteiger partial charge is 0.444 e. The van der Waals surface area contributed by atoms with Gasteiger partial charge in [-0.15, -0.1) is 12.4 Å². The van der Waals surface area contributed by atoms with E-state index in [9.17, 15) is 4.79 Å². The molecule has 0 unspecified atom stereocenters. The average Bonchev–Trinajstić information content (AvgIpc) is 2.64. The summed E-state index contributed by atoms with van der Waals surface area (Å²) >= 11 is 3.17. The van der Waals surface area contributed by atoms with E-state index in [1.807, 2.05) is 0 Å². The van der Waals surface area contributed by atoms with Gasteiger partial charge in [0.2, 0.25) is 0 Å². The van der Waals surface area contributed by atoms with Crippen LogP contribution in [0.2, 0.25) is 0 Å². The van der Waals surface area contributed by atoms with E-state index in [0.717, 1.165) is 19.4 Å². The third-order valence-electron chi connectivity index (χ3n) is 2.53. The highest BCUT2D eigenvalue weighted by Gasteiger charge is 2.24. The van der Waals surface area contributed by atoms with Crippen molar-refractivity contribution in [2.24, 2.45) is 5.73 Å².